The third-order valence-corrected chi connectivity index (χ3v) is 4.60. The number of hydrogen-bond acceptors (Lipinski definition) is 6. The van der Waals surface area contributed by atoms with Crippen LogP contribution in [0.1, 0.15) is 27.3 Å². The Kier molecular flexibility index (Phi) is 9.72. The molecule has 0 saturated carbocycles. The number of rotatable bonds is 6. The predicted octanol–water partition coefficient (Wildman–Crippen LogP) is 2.47. The van der Waals surface area contributed by atoms with Gasteiger partial charge in [-0.2, -0.15) is 13.2 Å². The topological polar surface area (TPSA) is 171 Å². The van der Waals surface area contributed by atoms with Crippen molar-refractivity contribution < 1.29 is 56.1 Å². The summed E-state index contributed by atoms with van der Waals surface area (Å²) >= 11 is 0. The average Bonchev–Trinajstić information content (AvgIpc) is 3.16. The predicted molar refractivity (Wildman–Crippen MR) is 121 cm³/mol. The van der Waals surface area contributed by atoms with Gasteiger partial charge in [0.25, 0.3) is 11.8 Å². The molecule has 0 bridgehead atoms. The lowest BCUT2D eigenvalue weighted by Gasteiger charge is -2.11. The molecule has 0 atom stereocenters. The van der Waals surface area contributed by atoms with Crippen molar-refractivity contribution in [2.75, 3.05) is 6.54 Å². The maximum Gasteiger partial charge on any atom is 0.490 e. The fraction of sp³-hybridized carbons (Fsp3) is 0.227. The van der Waals surface area contributed by atoms with Crippen molar-refractivity contribution in [3.05, 3.63) is 64.6 Å². The summed E-state index contributed by atoms with van der Waals surface area (Å²) in [5.41, 5.74) is 5.30. The molecule has 3 amide bonds. The molecule has 3 aromatic rings. The van der Waals surface area contributed by atoms with Gasteiger partial charge in [0.05, 0.1) is 11.3 Å². The first-order chi connectivity index (χ1) is 18.1. The van der Waals surface area contributed by atoms with Crippen molar-refractivity contribution in [3.63, 3.8) is 0 Å². The Morgan fingerprint density at radius 1 is 1.05 bits per heavy atom. The molecule has 0 saturated heterocycles. The molecule has 39 heavy (non-hydrogen) atoms. The molecule has 3 rings (SSSR count). The first-order valence-corrected chi connectivity index (χ1v) is 10.5. The molecule has 17 heteroatoms. The molecule has 0 aliphatic rings. The number of imidazole rings is 1. The van der Waals surface area contributed by atoms with Crippen LogP contribution in [0.2, 0.25) is 0 Å². The first-order valence-electron chi connectivity index (χ1n) is 10.5. The number of fused-ring (bicyclic) bond motifs is 1. The third kappa shape index (κ3) is 8.27. The highest BCUT2D eigenvalue weighted by molar-refractivity contribution is 5.96. The number of alkyl halides is 3. The molecule has 210 valence electrons. The second kappa shape index (κ2) is 12.5. The highest BCUT2D eigenvalue weighted by atomic mass is 19.4. The molecule has 0 unspecified atom stereocenters. The van der Waals surface area contributed by atoms with Gasteiger partial charge in [0.1, 0.15) is 30.5 Å². The Labute approximate surface area is 215 Å². The van der Waals surface area contributed by atoms with E-state index in [1.807, 2.05) is 5.32 Å². The molecule has 0 spiro atoms. The van der Waals surface area contributed by atoms with Crippen molar-refractivity contribution in [2.24, 2.45) is 0 Å². The van der Waals surface area contributed by atoms with Gasteiger partial charge in [0, 0.05) is 6.20 Å². The van der Waals surface area contributed by atoms with E-state index in [2.05, 4.69) is 15.8 Å². The van der Waals surface area contributed by atoms with E-state index in [0.717, 1.165) is 12.1 Å². The van der Waals surface area contributed by atoms with Crippen LogP contribution in [0.3, 0.4) is 0 Å². The van der Waals surface area contributed by atoms with Crippen LogP contribution in [0.5, 0.6) is 5.75 Å². The van der Waals surface area contributed by atoms with Gasteiger partial charge in [0.15, 0.2) is 11.4 Å². The molecule has 12 nitrogen and oxygen atoms in total. The molecule has 5 N–H and O–H groups in total. The zero-order chi connectivity index (χ0) is 29.5. The molecule has 0 aliphatic heterocycles. The van der Waals surface area contributed by atoms with Gasteiger partial charge in [-0.3, -0.25) is 24.8 Å². The molecule has 2 heterocycles. The SMILES string of the molecule is Cc1cc(OCc2c(F)cccc2F)c2nc(C)c(C(=O)NNC(=O)CNC(=O)O)n2c1.O=C(O)C(F)(F)F. The van der Waals surface area contributed by atoms with Crippen LogP contribution in [-0.2, 0) is 16.2 Å². The Balaban J connectivity index is 0.000000673. The number of carboxylic acids is 1. The Hall–Kier alpha value is -4.96. The van der Waals surface area contributed by atoms with Crippen LogP contribution < -0.4 is 20.9 Å². The van der Waals surface area contributed by atoms with Crippen LogP contribution in [-0.4, -0.2) is 56.2 Å². The number of benzene rings is 1. The second-order valence-electron chi connectivity index (χ2n) is 7.57. The van der Waals surface area contributed by atoms with Crippen LogP contribution in [0, 0.1) is 25.5 Å². The number of aromatic nitrogens is 2. The van der Waals surface area contributed by atoms with Gasteiger partial charge in [-0.15, -0.1) is 0 Å². The number of ether oxygens (including phenoxy) is 1. The van der Waals surface area contributed by atoms with Crippen LogP contribution >= 0.6 is 0 Å². The maximum atomic E-state index is 13.9. The summed E-state index contributed by atoms with van der Waals surface area (Å²) in [7, 11) is 0. The average molecular weight is 561 g/mol. The molecule has 1 aromatic carbocycles. The van der Waals surface area contributed by atoms with E-state index in [-0.39, 0.29) is 22.7 Å². The number of halogens is 5. The van der Waals surface area contributed by atoms with Gasteiger partial charge < -0.3 is 20.3 Å². The van der Waals surface area contributed by atoms with Gasteiger partial charge in [-0.05, 0) is 37.6 Å². The molecule has 0 aliphatic carbocycles. The van der Waals surface area contributed by atoms with Crippen LogP contribution in [0.25, 0.3) is 5.65 Å². The molecular weight excluding hydrogens is 541 g/mol. The zero-order valence-corrected chi connectivity index (χ0v) is 20.0. The van der Waals surface area contributed by atoms with Crippen molar-refractivity contribution in [1.29, 1.82) is 0 Å². The number of pyridine rings is 1. The van der Waals surface area contributed by atoms with Gasteiger partial charge in [-0.25, -0.2) is 23.4 Å². The fourth-order valence-corrected chi connectivity index (χ4v) is 2.94. The molecule has 0 fully saturated rings. The van der Waals surface area contributed by atoms with E-state index in [0.29, 0.717) is 11.3 Å². The lowest BCUT2D eigenvalue weighted by Crippen LogP contribution is -2.46. The largest absolute Gasteiger partial charge is 0.490 e. The number of nitrogens with one attached hydrogen (secondary N) is 3. The minimum Gasteiger partial charge on any atom is -0.485 e. The summed E-state index contributed by atoms with van der Waals surface area (Å²) < 4.78 is 66.6. The van der Waals surface area contributed by atoms with Crippen LogP contribution in [0.15, 0.2) is 30.5 Å². The van der Waals surface area contributed by atoms with E-state index in [4.69, 9.17) is 19.7 Å². The Morgan fingerprint density at radius 3 is 2.18 bits per heavy atom. The monoisotopic (exact) mass is 561 g/mol. The van der Waals surface area contributed by atoms with E-state index < -0.39 is 54.8 Å². The quantitative estimate of drug-likeness (QED) is 0.226. The number of nitrogens with zero attached hydrogens (tertiary/aromatic N) is 2. The van der Waals surface area contributed by atoms with Gasteiger partial charge >= 0.3 is 18.2 Å². The Bertz CT molecular complexity index is 1390. The number of carboxylic acid groups (broad SMARTS) is 2. The summed E-state index contributed by atoms with van der Waals surface area (Å²) in [4.78, 5) is 47.8. The summed E-state index contributed by atoms with van der Waals surface area (Å²) in [6, 6.07) is 5.10. The standard InChI is InChI=1S/C20H19F2N5O5.C2HF3O2/c1-10-6-15(32-9-12-13(21)4-3-5-14(12)22)18-24-11(2)17(27(18)8-10)19(29)26-25-16(28)7-23-20(30)31;3-2(4,5)1(6)7/h3-6,8,23H,7,9H2,1-2H3,(H,25,28)(H,26,29)(H,30,31);(H,6,7). The lowest BCUT2D eigenvalue weighted by atomic mass is 10.2. The van der Waals surface area contributed by atoms with Crippen LogP contribution in [0.4, 0.5) is 26.7 Å². The van der Waals surface area contributed by atoms with Crippen molar-refractivity contribution in [3.8, 4) is 5.75 Å². The third-order valence-electron chi connectivity index (χ3n) is 4.60. The van der Waals surface area contributed by atoms with Gasteiger partial charge in [0.2, 0.25) is 0 Å². The molecule has 0 radical (unpaired) electrons. The van der Waals surface area contributed by atoms with Crippen molar-refractivity contribution >= 4 is 29.5 Å². The fourth-order valence-electron chi connectivity index (χ4n) is 2.94. The summed E-state index contributed by atoms with van der Waals surface area (Å²) in [6.45, 7) is 2.35. The highest BCUT2D eigenvalue weighted by Crippen LogP contribution is 2.26. The summed E-state index contributed by atoms with van der Waals surface area (Å²) in [5.74, 6) is -5.55. The van der Waals surface area contributed by atoms with E-state index in [9.17, 15) is 36.3 Å². The number of aliphatic carboxylic acids is 1. The van der Waals surface area contributed by atoms with E-state index in [1.54, 1.807) is 26.1 Å². The summed E-state index contributed by atoms with van der Waals surface area (Å²) in [6.07, 6.45) is -4.86. The number of amides is 3. The zero-order valence-electron chi connectivity index (χ0n) is 20.0. The van der Waals surface area contributed by atoms with E-state index in [1.165, 1.54) is 10.5 Å². The van der Waals surface area contributed by atoms with Crippen molar-refractivity contribution in [2.45, 2.75) is 26.6 Å². The van der Waals surface area contributed by atoms with E-state index >= 15 is 0 Å². The molecular formula is C22H20F5N5O7. The number of hydrogen-bond donors (Lipinski definition) is 5. The molecule has 2 aromatic heterocycles. The highest BCUT2D eigenvalue weighted by Gasteiger charge is 2.38. The number of carbonyl (C=O) groups excluding carboxylic acids is 2. The maximum absolute atomic E-state index is 13.9. The number of hydrazine groups is 1. The Morgan fingerprint density at radius 2 is 1.64 bits per heavy atom. The normalized spacial score (nSPS) is 10.7. The number of carbonyl (C=O) groups is 4. The number of aryl methyl sites for hydroxylation is 2. The van der Waals surface area contributed by atoms with Gasteiger partial charge in [-0.1, -0.05) is 6.07 Å². The second-order valence-corrected chi connectivity index (χ2v) is 7.57. The smallest absolute Gasteiger partial charge is 0.485 e. The van der Waals surface area contributed by atoms with Crippen molar-refractivity contribution in [1.82, 2.24) is 25.6 Å². The minimum absolute atomic E-state index is 0.0807. The first kappa shape index (κ1) is 30.3. The lowest BCUT2D eigenvalue weighted by molar-refractivity contribution is -0.192. The minimum atomic E-state index is -5.08. The summed E-state index contributed by atoms with van der Waals surface area (Å²) in [5, 5.41) is 17.5.